The normalized spacial score (nSPS) is 18.4. The topological polar surface area (TPSA) is 125 Å². The number of ether oxygens (including phenoxy) is 2. The van der Waals surface area contributed by atoms with E-state index >= 15 is 0 Å². The monoisotopic (exact) mass is 560 g/mol. The number of aromatic nitrogens is 2. The lowest BCUT2D eigenvalue weighted by molar-refractivity contribution is -0.00952. The fraction of sp³-hybridized carbons (Fsp3) is 0.419. The number of rotatable bonds is 6. The van der Waals surface area contributed by atoms with Gasteiger partial charge in [0, 0.05) is 12.5 Å². The number of nitrogens with zero attached hydrogens (tertiary/aromatic N) is 3. The highest BCUT2D eigenvalue weighted by Crippen LogP contribution is 2.44. The van der Waals surface area contributed by atoms with Gasteiger partial charge in [-0.15, -0.1) is 0 Å². The number of amides is 2. The van der Waals surface area contributed by atoms with Gasteiger partial charge < -0.3 is 19.5 Å². The molecule has 3 aromatic rings. The summed E-state index contributed by atoms with van der Waals surface area (Å²) in [6.45, 7) is 8.05. The van der Waals surface area contributed by atoms with E-state index < -0.39 is 23.8 Å². The molecule has 1 aromatic heterocycles. The van der Waals surface area contributed by atoms with Crippen LogP contribution < -0.4 is 0 Å². The largest absolute Gasteiger partial charge is 0.476 e. The van der Waals surface area contributed by atoms with E-state index in [1.54, 1.807) is 9.80 Å². The first-order valence-corrected chi connectivity index (χ1v) is 13.9. The number of fused-ring (bicyclic) bond motifs is 3. The minimum absolute atomic E-state index is 0.0497. The predicted molar refractivity (Wildman–Crippen MR) is 152 cm³/mol. The molecule has 2 N–H and O–H groups in total. The molecule has 2 aromatic carbocycles. The minimum atomic E-state index is -1.16. The van der Waals surface area contributed by atoms with Gasteiger partial charge in [0.25, 0.3) is 0 Å². The Bertz CT molecular complexity index is 1400. The van der Waals surface area contributed by atoms with E-state index in [1.165, 1.54) is 6.07 Å². The second-order valence-corrected chi connectivity index (χ2v) is 11.6. The van der Waals surface area contributed by atoms with Crippen LogP contribution in [0.3, 0.4) is 0 Å². The van der Waals surface area contributed by atoms with Crippen LogP contribution in [0.15, 0.2) is 54.6 Å². The number of carboxylic acid groups (broad SMARTS) is 1. The zero-order valence-electron chi connectivity index (χ0n) is 23.8. The van der Waals surface area contributed by atoms with Gasteiger partial charge in [0.1, 0.15) is 12.2 Å². The SMILES string of the molecule is C[C@@H]1[C@@H](N(Cc2cc(C(=O)O)n[nH]2)C(=O)OCC2c3ccccc3-c3ccccc32)CCCN1C(=O)OC(C)(C)C. The number of aromatic amines is 1. The van der Waals surface area contributed by atoms with Crippen molar-refractivity contribution in [2.24, 2.45) is 0 Å². The summed E-state index contributed by atoms with van der Waals surface area (Å²) in [6, 6.07) is 16.9. The van der Waals surface area contributed by atoms with Crippen LogP contribution in [0.4, 0.5) is 9.59 Å². The van der Waals surface area contributed by atoms with Crippen LogP contribution in [-0.2, 0) is 16.0 Å². The highest BCUT2D eigenvalue weighted by atomic mass is 16.6. The van der Waals surface area contributed by atoms with Crippen LogP contribution in [0.5, 0.6) is 0 Å². The van der Waals surface area contributed by atoms with Crippen molar-refractivity contribution in [1.82, 2.24) is 20.0 Å². The Labute approximate surface area is 239 Å². The number of H-pyrrole nitrogens is 1. The first-order valence-electron chi connectivity index (χ1n) is 13.9. The van der Waals surface area contributed by atoms with E-state index in [0.717, 1.165) is 22.3 Å². The summed E-state index contributed by atoms with van der Waals surface area (Å²) < 4.78 is 11.6. The second-order valence-electron chi connectivity index (χ2n) is 11.6. The summed E-state index contributed by atoms with van der Waals surface area (Å²) in [5.41, 5.74) is 4.14. The number of likely N-dealkylation sites (tertiary alicyclic amines) is 1. The number of hydrogen-bond acceptors (Lipinski definition) is 6. The maximum Gasteiger partial charge on any atom is 0.410 e. The fourth-order valence-electron chi connectivity index (χ4n) is 5.85. The third kappa shape index (κ3) is 5.91. The highest BCUT2D eigenvalue weighted by molar-refractivity contribution is 5.85. The van der Waals surface area contributed by atoms with E-state index in [-0.39, 0.29) is 36.8 Å². The summed E-state index contributed by atoms with van der Waals surface area (Å²) in [5, 5.41) is 15.9. The zero-order valence-corrected chi connectivity index (χ0v) is 23.8. The molecule has 0 saturated carbocycles. The Balaban J connectivity index is 1.39. The van der Waals surface area contributed by atoms with Crippen molar-refractivity contribution >= 4 is 18.2 Å². The number of hydrogen-bond donors (Lipinski definition) is 2. The Morgan fingerprint density at radius 1 is 1.07 bits per heavy atom. The van der Waals surface area contributed by atoms with Gasteiger partial charge in [-0.05, 0) is 68.9 Å². The average molecular weight is 561 g/mol. The van der Waals surface area contributed by atoms with Crippen molar-refractivity contribution in [2.45, 2.75) is 70.7 Å². The van der Waals surface area contributed by atoms with Crippen molar-refractivity contribution < 1.29 is 29.0 Å². The summed E-state index contributed by atoms with van der Waals surface area (Å²) in [6.07, 6.45) is 0.341. The zero-order chi connectivity index (χ0) is 29.3. The smallest absolute Gasteiger partial charge is 0.410 e. The number of carboxylic acids is 1. The molecule has 2 amide bonds. The highest BCUT2D eigenvalue weighted by Gasteiger charge is 2.40. The molecule has 0 unspecified atom stereocenters. The quantitative estimate of drug-likeness (QED) is 0.399. The lowest BCUT2D eigenvalue weighted by Crippen LogP contribution is -2.57. The molecule has 1 aliphatic carbocycles. The third-order valence-electron chi connectivity index (χ3n) is 7.74. The average Bonchev–Trinajstić information content (AvgIpc) is 3.53. The number of carbonyl (C=O) groups is 3. The molecule has 2 heterocycles. The van der Waals surface area contributed by atoms with Crippen LogP contribution in [0.25, 0.3) is 11.1 Å². The maximum absolute atomic E-state index is 13.8. The minimum Gasteiger partial charge on any atom is -0.476 e. The van der Waals surface area contributed by atoms with Crippen molar-refractivity contribution in [2.75, 3.05) is 13.2 Å². The number of aromatic carboxylic acids is 1. The fourth-order valence-corrected chi connectivity index (χ4v) is 5.85. The van der Waals surface area contributed by atoms with Crippen molar-refractivity contribution in [3.8, 4) is 11.1 Å². The Morgan fingerprint density at radius 3 is 2.29 bits per heavy atom. The summed E-state index contributed by atoms with van der Waals surface area (Å²) in [4.78, 5) is 41.5. The van der Waals surface area contributed by atoms with Gasteiger partial charge in [-0.3, -0.25) is 10.00 Å². The molecule has 2 aliphatic rings. The van der Waals surface area contributed by atoms with Crippen molar-refractivity contribution in [3.63, 3.8) is 0 Å². The van der Waals surface area contributed by atoms with E-state index in [9.17, 15) is 19.5 Å². The Morgan fingerprint density at radius 2 is 1.71 bits per heavy atom. The molecular weight excluding hydrogens is 524 g/mol. The molecular formula is C31H36N4O6. The van der Waals surface area contributed by atoms with Gasteiger partial charge in [0.05, 0.1) is 24.3 Å². The second kappa shape index (κ2) is 11.3. The molecule has 0 spiro atoms. The Kier molecular flexibility index (Phi) is 7.75. The number of nitrogens with one attached hydrogen (secondary N) is 1. The van der Waals surface area contributed by atoms with Crippen molar-refractivity contribution in [3.05, 3.63) is 77.1 Å². The Hall–Kier alpha value is -4.34. The number of benzene rings is 2. The molecule has 10 nitrogen and oxygen atoms in total. The predicted octanol–water partition coefficient (Wildman–Crippen LogP) is 5.65. The van der Waals surface area contributed by atoms with Gasteiger partial charge in [-0.25, -0.2) is 14.4 Å². The summed E-state index contributed by atoms with van der Waals surface area (Å²) in [5.74, 6) is -1.27. The lowest BCUT2D eigenvalue weighted by atomic mass is 9.96. The third-order valence-corrected chi connectivity index (χ3v) is 7.74. The first kappa shape index (κ1) is 28.2. The molecule has 1 fully saturated rings. The molecule has 5 rings (SSSR count). The van der Waals surface area contributed by atoms with Crippen LogP contribution in [0, 0.1) is 0 Å². The van der Waals surface area contributed by atoms with Gasteiger partial charge in [-0.2, -0.15) is 5.10 Å². The molecule has 1 saturated heterocycles. The number of carbonyl (C=O) groups excluding carboxylic acids is 2. The van der Waals surface area contributed by atoms with Crippen molar-refractivity contribution in [1.29, 1.82) is 0 Å². The number of piperidine rings is 1. The lowest BCUT2D eigenvalue weighted by Gasteiger charge is -2.44. The maximum atomic E-state index is 13.8. The van der Waals surface area contributed by atoms with Crippen LogP contribution in [0.1, 0.15) is 73.8 Å². The summed E-state index contributed by atoms with van der Waals surface area (Å²) >= 11 is 0. The van der Waals surface area contributed by atoms with Gasteiger partial charge in [-0.1, -0.05) is 48.5 Å². The van der Waals surface area contributed by atoms with Gasteiger partial charge in [0.2, 0.25) is 0 Å². The first-order chi connectivity index (χ1) is 19.5. The van der Waals surface area contributed by atoms with Crippen LogP contribution in [0.2, 0.25) is 0 Å². The van der Waals surface area contributed by atoms with Crippen LogP contribution >= 0.6 is 0 Å². The standard InChI is InChI=1S/C31H36N4O6/c1-19-27(14-9-15-34(19)30(39)41-31(2,3)4)35(17-20-16-26(28(36)37)33-32-20)29(38)40-18-25-23-12-7-5-10-21(23)22-11-6-8-13-24(22)25/h5-8,10-13,16,19,25,27H,9,14-15,17-18H2,1-4H3,(H,32,33)(H,36,37)/t19-,27+/m1/s1. The van der Waals surface area contributed by atoms with E-state index in [1.807, 2.05) is 52.0 Å². The molecule has 216 valence electrons. The molecule has 1 aliphatic heterocycles. The van der Waals surface area contributed by atoms with E-state index in [4.69, 9.17) is 9.47 Å². The molecule has 10 heteroatoms. The summed E-state index contributed by atoms with van der Waals surface area (Å²) in [7, 11) is 0. The van der Waals surface area contributed by atoms with Gasteiger partial charge in [0.15, 0.2) is 5.69 Å². The van der Waals surface area contributed by atoms with E-state index in [2.05, 4.69) is 34.5 Å². The molecule has 41 heavy (non-hydrogen) atoms. The molecule has 2 atom stereocenters. The van der Waals surface area contributed by atoms with E-state index in [0.29, 0.717) is 25.1 Å². The molecule has 0 radical (unpaired) electrons. The molecule has 0 bridgehead atoms. The van der Waals surface area contributed by atoms with Crippen LogP contribution in [-0.4, -0.2) is 74.1 Å². The van der Waals surface area contributed by atoms with Gasteiger partial charge >= 0.3 is 18.2 Å².